The van der Waals surface area contributed by atoms with E-state index in [4.69, 9.17) is 0 Å². The standard InChI is InChI=1S/C15H13.C11H14.C5H5.Hf/c1-10-3-5-14-12(7-10)9-13-8-11(2)4-6-15(13)14;1-3-4-5-11-8-6-10(2)7-9-11;1-2-4-5-3-1;/h3-9H,1-2H3;2,6-9H,3-5H2,1H3;1-5H;/q-1;;-1;+2. The molecule has 0 bridgehead atoms. The van der Waals surface area contributed by atoms with Gasteiger partial charge < -0.3 is 0 Å². The van der Waals surface area contributed by atoms with E-state index in [2.05, 4.69) is 91.3 Å². The zero-order chi connectivity index (χ0) is 22.8. The number of aryl methyl sites for hydroxylation is 3. The van der Waals surface area contributed by atoms with Crippen LogP contribution in [0.4, 0.5) is 0 Å². The van der Waals surface area contributed by atoms with E-state index in [0.29, 0.717) is 0 Å². The smallest absolute Gasteiger partial charge is 0.0469 e. The van der Waals surface area contributed by atoms with Crippen molar-refractivity contribution in [2.45, 2.75) is 40.0 Å². The summed E-state index contributed by atoms with van der Waals surface area (Å²) < 4.78 is 2.27. The molecule has 0 heterocycles. The van der Waals surface area contributed by atoms with Crippen LogP contribution < -0.4 is 0 Å². The number of unbranched alkanes of at least 4 members (excludes halogenated alkanes) is 1. The predicted octanol–water partition coefficient (Wildman–Crippen LogP) is 8.46. The van der Waals surface area contributed by atoms with Crippen molar-refractivity contribution in [1.29, 1.82) is 0 Å². The van der Waals surface area contributed by atoms with Crippen molar-refractivity contribution in [1.82, 2.24) is 0 Å². The Hall–Kier alpha value is -2.38. The Morgan fingerprint density at radius 3 is 1.78 bits per heavy atom. The van der Waals surface area contributed by atoms with Gasteiger partial charge in [0.1, 0.15) is 0 Å². The SMILES string of the molecule is CCCCc1ccc([CH]=[Hf+2])cc1.Cc1ccc2c(c1)[cH-]c1cc(C)ccc12.c1cc[cH-]c1. The molecule has 0 N–H and O–H groups in total. The van der Waals surface area contributed by atoms with Gasteiger partial charge in [-0.3, -0.25) is 0 Å². The Bertz CT molecular complexity index is 1150. The Balaban J connectivity index is 0.000000152. The average Bonchev–Trinajstić information content (AvgIpc) is 3.49. The van der Waals surface area contributed by atoms with Crippen molar-refractivity contribution in [3.63, 3.8) is 0 Å². The fourth-order valence-electron chi connectivity index (χ4n) is 3.74. The number of rotatable bonds is 4. The van der Waals surface area contributed by atoms with Crippen molar-refractivity contribution in [3.8, 4) is 0 Å². The van der Waals surface area contributed by atoms with Gasteiger partial charge in [-0.1, -0.05) is 35.4 Å². The van der Waals surface area contributed by atoms with E-state index >= 15 is 0 Å². The first-order valence-corrected chi connectivity index (χ1v) is 13.5. The predicted molar refractivity (Wildman–Crippen MR) is 139 cm³/mol. The van der Waals surface area contributed by atoms with Crippen LogP contribution in [0.3, 0.4) is 0 Å². The zero-order valence-corrected chi connectivity index (χ0v) is 23.0. The van der Waals surface area contributed by atoms with Crippen molar-refractivity contribution < 1.29 is 23.9 Å². The molecule has 0 aromatic heterocycles. The Morgan fingerprint density at radius 1 is 0.781 bits per heavy atom. The van der Waals surface area contributed by atoms with Gasteiger partial charge in [0, 0.05) is 0 Å². The van der Waals surface area contributed by atoms with Crippen LogP contribution in [0.5, 0.6) is 0 Å². The molecule has 32 heavy (non-hydrogen) atoms. The quantitative estimate of drug-likeness (QED) is 0.147. The molecule has 0 unspecified atom stereocenters. The van der Waals surface area contributed by atoms with E-state index in [9.17, 15) is 0 Å². The Labute approximate surface area is 207 Å². The van der Waals surface area contributed by atoms with Crippen molar-refractivity contribution in [2.75, 3.05) is 0 Å². The van der Waals surface area contributed by atoms with Gasteiger partial charge in [-0.25, -0.2) is 12.1 Å². The van der Waals surface area contributed by atoms with Crippen molar-refractivity contribution in [2.24, 2.45) is 0 Å². The molecule has 0 aliphatic rings. The summed E-state index contributed by atoms with van der Waals surface area (Å²) in [7, 11) is 0. The maximum absolute atomic E-state index is 2.28. The summed E-state index contributed by atoms with van der Waals surface area (Å²) in [6.07, 6.45) is 3.83. The van der Waals surface area contributed by atoms with Gasteiger partial charge in [0.05, 0.1) is 0 Å². The van der Waals surface area contributed by atoms with E-state index in [1.165, 1.54) is 63.1 Å². The number of benzene rings is 3. The van der Waals surface area contributed by atoms with Crippen LogP contribution in [0, 0.1) is 13.8 Å². The van der Waals surface area contributed by atoms with Crippen LogP contribution in [-0.4, -0.2) is 3.76 Å². The fourth-order valence-corrected chi connectivity index (χ4v) is 4.43. The van der Waals surface area contributed by atoms with E-state index in [1.807, 2.05) is 30.3 Å². The van der Waals surface area contributed by atoms with Crippen molar-refractivity contribution in [3.05, 3.63) is 119 Å². The zero-order valence-electron chi connectivity index (χ0n) is 19.4. The first-order chi connectivity index (χ1) is 15.6. The molecule has 0 aliphatic carbocycles. The molecule has 0 saturated carbocycles. The third-order valence-electron chi connectivity index (χ3n) is 5.54. The molecule has 0 saturated heterocycles. The molecule has 1 heteroatoms. The molecule has 0 radical (unpaired) electrons. The molecule has 5 rings (SSSR count). The summed E-state index contributed by atoms with van der Waals surface area (Å²) in [5.41, 5.74) is 5.51. The second-order valence-corrected chi connectivity index (χ2v) is 9.31. The molecule has 0 nitrogen and oxygen atoms in total. The van der Waals surface area contributed by atoms with Gasteiger partial charge in [0.25, 0.3) is 0 Å². The third-order valence-corrected chi connectivity index (χ3v) is 6.73. The normalized spacial score (nSPS) is 10.3. The minimum atomic E-state index is 1.15. The average molecular weight is 583 g/mol. The Morgan fingerprint density at radius 2 is 1.34 bits per heavy atom. The first-order valence-electron chi connectivity index (χ1n) is 11.4. The van der Waals surface area contributed by atoms with Gasteiger partial charge in [-0.15, -0.1) is 39.7 Å². The second kappa shape index (κ2) is 12.6. The van der Waals surface area contributed by atoms with Gasteiger partial charge in [-0.05, 0) is 13.8 Å². The maximum Gasteiger partial charge on any atom is -0.0469 e. The molecule has 0 amide bonds. The molecular formula is C31H32Hf. The maximum atomic E-state index is 2.28. The molecule has 5 aromatic rings. The molecule has 5 aromatic carbocycles. The van der Waals surface area contributed by atoms with Gasteiger partial charge >= 0.3 is 89.2 Å². The topological polar surface area (TPSA) is 0 Å². The van der Waals surface area contributed by atoms with Crippen LogP contribution >= 0.6 is 0 Å². The number of hydrogen-bond acceptors (Lipinski definition) is 0. The largest absolute Gasteiger partial charge is 0.214 e. The first kappa shape index (κ1) is 24.3. The van der Waals surface area contributed by atoms with Crippen LogP contribution in [0.2, 0.25) is 0 Å². The monoisotopic (exact) mass is 584 g/mol. The van der Waals surface area contributed by atoms with E-state index in [0.717, 1.165) is 23.9 Å². The van der Waals surface area contributed by atoms with Crippen LogP contribution in [0.1, 0.15) is 42.0 Å². The molecule has 0 spiro atoms. The van der Waals surface area contributed by atoms with E-state index in [-0.39, 0.29) is 0 Å². The molecule has 0 atom stereocenters. The van der Waals surface area contributed by atoms with E-state index < -0.39 is 0 Å². The molecule has 160 valence electrons. The molecule has 0 aliphatic heterocycles. The van der Waals surface area contributed by atoms with Crippen LogP contribution in [0.25, 0.3) is 21.5 Å². The van der Waals surface area contributed by atoms with Crippen LogP contribution in [0.15, 0.2) is 97.1 Å². The minimum Gasteiger partial charge on any atom is -0.214 e. The fraction of sp³-hybridized carbons (Fsp3) is 0.194. The van der Waals surface area contributed by atoms with E-state index in [1.54, 1.807) is 0 Å². The summed E-state index contributed by atoms with van der Waals surface area (Å²) in [6, 6.07) is 34.5. The molecular weight excluding hydrogens is 551 g/mol. The van der Waals surface area contributed by atoms with Crippen LogP contribution in [-0.2, 0) is 30.3 Å². The molecule has 0 fully saturated rings. The number of fused-ring (bicyclic) bond motifs is 3. The Kier molecular flexibility index (Phi) is 9.56. The van der Waals surface area contributed by atoms with Crippen molar-refractivity contribution >= 4 is 25.3 Å². The van der Waals surface area contributed by atoms with Gasteiger partial charge in [0.15, 0.2) is 0 Å². The second-order valence-electron chi connectivity index (χ2n) is 8.28. The summed E-state index contributed by atoms with van der Waals surface area (Å²) >= 11 is 1.15. The summed E-state index contributed by atoms with van der Waals surface area (Å²) in [5.74, 6) is 0. The minimum absolute atomic E-state index is 1.15. The summed E-state index contributed by atoms with van der Waals surface area (Å²) in [4.78, 5) is 0. The third kappa shape index (κ3) is 7.07. The summed E-state index contributed by atoms with van der Waals surface area (Å²) in [5, 5.41) is 5.46. The summed E-state index contributed by atoms with van der Waals surface area (Å²) in [6.45, 7) is 6.52. The number of hydrogen-bond donors (Lipinski definition) is 0. The van der Waals surface area contributed by atoms with Gasteiger partial charge in [-0.2, -0.15) is 18.2 Å². The van der Waals surface area contributed by atoms with Gasteiger partial charge in [0.2, 0.25) is 0 Å².